The van der Waals surface area contributed by atoms with Gasteiger partial charge in [0.05, 0.1) is 0 Å². The molecule has 13 heavy (non-hydrogen) atoms. The van der Waals surface area contributed by atoms with Crippen LogP contribution in [0.4, 0.5) is 0 Å². The molecule has 0 radical (unpaired) electrons. The first-order chi connectivity index (χ1) is 6.43. The van der Waals surface area contributed by atoms with Crippen LogP contribution in [0.1, 0.15) is 45.4 Å². The number of hydrogen-bond acceptors (Lipinski definition) is 2. The maximum absolute atomic E-state index is 3.66. The molecule has 0 aromatic rings. The molecule has 1 aliphatic rings. The molecule has 0 amide bonds. The van der Waals surface area contributed by atoms with Crippen LogP contribution in [0.3, 0.4) is 0 Å². The van der Waals surface area contributed by atoms with Gasteiger partial charge >= 0.3 is 0 Å². The van der Waals surface area contributed by atoms with Crippen LogP contribution in [0, 0.1) is 0 Å². The van der Waals surface area contributed by atoms with Crippen molar-refractivity contribution in [3.05, 3.63) is 0 Å². The molecule has 0 aliphatic carbocycles. The highest BCUT2D eigenvalue weighted by molar-refractivity contribution is 4.72. The first-order valence-electron chi connectivity index (χ1n) is 5.87. The maximum atomic E-state index is 3.66. The van der Waals surface area contributed by atoms with Crippen molar-refractivity contribution in [3.8, 4) is 0 Å². The van der Waals surface area contributed by atoms with E-state index in [9.17, 15) is 0 Å². The van der Waals surface area contributed by atoms with Crippen LogP contribution < -0.4 is 10.6 Å². The van der Waals surface area contributed by atoms with Gasteiger partial charge in [0, 0.05) is 6.04 Å². The Hall–Kier alpha value is -0.0800. The standard InChI is InChI=1S/C11H24N2/c1-2-3-4-9-13-11-6-5-8-12-10-7-11/h11-13H,2-10H2,1H3. The molecule has 0 aromatic carbocycles. The van der Waals surface area contributed by atoms with Gasteiger partial charge in [-0.2, -0.15) is 0 Å². The highest BCUT2D eigenvalue weighted by atomic mass is 14.9. The lowest BCUT2D eigenvalue weighted by molar-refractivity contribution is 0.459. The summed E-state index contributed by atoms with van der Waals surface area (Å²) in [5, 5.41) is 7.10. The molecule has 0 aromatic heterocycles. The molecule has 1 heterocycles. The Morgan fingerprint density at radius 1 is 1.23 bits per heavy atom. The van der Waals surface area contributed by atoms with Crippen molar-refractivity contribution in [1.29, 1.82) is 0 Å². The molecule has 2 heteroatoms. The van der Waals surface area contributed by atoms with Gasteiger partial charge in [-0.15, -0.1) is 0 Å². The predicted octanol–water partition coefficient (Wildman–Crippen LogP) is 1.91. The van der Waals surface area contributed by atoms with E-state index in [0.29, 0.717) is 0 Å². The van der Waals surface area contributed by atoms with Gasteiger partial charge in [0.1, 0.15) is 0 Å². The Labute approximate surface area is 82.5 Å². The van der Waals surface area contributed by atoms with Crippen LogP contribution in [0.5, 0.6) is 0 Å². The van der Waals surface area contributed by atoms with Crippen LogP contribution in [0.2, 0.25) is 0 Å². The third kappa shape index (κ3) is 5.27. The van der Waals surface area contributed by atoms with Gasteiger partial charge in [-0.05, 0) is 45.3 Å². The zero-order chi connectivity index (χ0) is 9.36. The van der Waals surface area contributed by atoms with Crippen LogP contribution >= 0.6 is 0 Å². The van der Waals surface area contributed by atoms with Crippen molar-refractivity contribution in [2.45, 2.75) is 51.5 Å². The minimum atomic E-state index is 0.784. The van der Waals surface area contributed by atoms with E-state index < -0.39 is 0 Å². The van der Waals surface area contributed by atoms with Crippen LogP contribution in [0.25, 0.3) is 0 Å². The SMILES string of the molecule is CCCCCNC1CCCNCC1. The smallest absolute Gasteiger partial charge is 0.00796 e. The lowest BCUT2D eigenvalue weighted by atomic mass is 10.1. The largest absolute Gasteiger partial charge is 0.317 e. The lowest BCUT2D eigenvalue weighted by Gasteiger charge is -2.15. The van der Waals surface area contributed by atoms with Gasteiger partial charge in [-0.3, -0.25) is 0 Å². The Morgan fingerprint density at radius 2 is 2.15 bits per heavy atom. The summed E-state index contributed by atoms with van der Waals surface area (Å²) >= 11 is 0. The van der Waals surface area contributed by atoms with Gasteiger partial charge < -0.3 is 10.6 Å². The van der Waals surface area contributed by atoms with Crippen molar-refractivity contribution >= 4 is 0 Å². The summed E-state index contributed by atoms with van der Waals surface area (Å²) in [5.41, 5.74) is 0. The predicted molar refractivity (Wildman–Crippen MR) is 58.0 cm³/mol. The molecular formula is C11H24N2. The van der Waals surface area contributed by atoms with Crippen molar-refractivity contribution in [2.24, 2.45) is 0 Å². The first kappa shape index (κ1) is 11.0. The molecule has 1 saturated heterocycles. The Morgan fingerprint density at radius 3 is 3.00 bits per heavy atom. The number of hydrogen-bond donors (Lipinski definition) is 2. The van der Waals surface area contributed by atoms with E-state index in [0.717, 1.165) is 6.04 Å². The lowest BCUT2D eigenvalue weighted by Crippen LogP contribution is -2.30. The fraction of sp³-hybridized carbons (Fsp3) is 1.00. The van der Waals surface area contributed by atoms with Crippen molar-refractivity contribution < 1.29 is 0 Å². The normalized spacial score (nSPS) is 24.2. The zero-order valence-electron chi connectivity index (χ0n) is 8.94. The van der Waals surface area contributed by atoms with E-state index in [1.807, 2.05) is 0 Å². The number of rotatable bonds is 5. The molecule has 1 aliphatic heterocycles. The second-order valence-corrected chi connectivity index (χ2v) is 4.04. The van der Waals surface area contributed by atoms with Gasteiger partial charge in [0.25, 0.3) is 0 Å². The third-order valence-corrected chi connectivity index (χ3v) is 2.79. The molecule has 78 valence electrons. The van der Waals surface area contributed by atoms with E-state index in [4.69, 9.17) is 0 Å². The molecule has 2 N–H and O–H groups in total. The molecular weight excluding hydrogens is 160 g/mol. The summed E-state index contributed by atoms with van der Waals surface area (Å²) < 4.78 is 0. The molecule has 0 spiro atoms. The highest BCUT2D eigenvalue weighted by Gasteiger charge is 2.09. The summed E-state index contributed by atoms with van der Waals surface area (Å²) in [6, 6.07) is 0.784. The summed E-state index contributed by atoms with van der Waals surface area (Å²) in [6.07, 6.45) is 8.06. The number of nitrogens with one attached hydrogen (secondary N) is 2. The van der Waals surface area contributed by atoms with Crippen LogP contribution in [-0.2, 0) is 0 Å². The fourth-order valence-corrected chi connectivity index (χ4v) is 1.90. The summed E-state index contributed by atoms with van der Waals surface area (Å²) in [6.45, 7) is 5.90. The van der Waals surface area contributed by atoms with E-state index in [-0.39, 0.29) is 0 Å². The van der Waals surface area contributed by atoms with Crippen LogP contribution in [-0.4, -0.2) is 25.7 Å². The van der Waals surface area contributed by atoms with E-state index in [1.165, 1.54) is 58.2 Å². The second-order valence-electron chi connectivity index (χ2n) is 4.04. The molecule has 1 rings (SSSR count). The topological polar surface area (TPSA) is 24.1 Å². The van der Waals surface area contributed by atoms with E-state index >= 15 is 0 Å². The summed E-state index contributed by atoms with van der Waals surface area (Å²) in [5.74, 6) is 0. The van der Waals surface area contributed by atoms with Crippen molar-refractivity contribution in [1.82, 2.24) is 10.6 Å². The first-order valence-corrected chi connectivity index (χ1v) is 5.87. The monoisotopic (exact) mass is 184 g/mol. The Bertz CT molecular complexity index is 107. The molecule has 1 unspecified atom stereocenters. The Balaban J connectivity index is 1.98. The highest BCUT2D eigenvalue weighted by Crippen LogP contribution is 2.05. The maximum Gasteiger partial charge on any atom is 0.00796 e. The molecule has 2 nitrogen and oxygen atoms in total. The number of unbranched alkanes of at least 4 members (excludes halogenated alkanes) is 2. The second kappa shape index (κ2) is 7.34. The Kier molecular flexibility index (Phi) is 6.21. The minimum Gasteiger partial charge on any atom is -0.317 e. The summed E-state index contributed by atoms with van der Waals surface area (Å²) in [7, 11) is 0. The summed E-state index contributed by atoms with van der Waals surface area (Å²) in [4.78, 5) is 0. The average Bonchev–Trinajstić information content (AvgIpc) is 2.41. The average molecular weight is 184 g/mol. The van der Waals surface area contributed by atoms with Crippen molar-refractivity contribution in [2.75, 3.05) is 19.6 Å². The minimum absolute atomic E-state index is 0.784. The van der Waals surface area contributed by atoms with Gasteiger partial charge in [-0.1, -0.05) is 19.8 Å². The molecule has 1 fully saturated rings. The molecule has 0 saturated carbocycles. The van der Waals surface area contributed by atoms with Crippen LogP contribution in [0.15, 0.2) is 0 Å². The molecule has 1 atom stereocenters. The quantitative estimate of drug-likeness (QED) is 0.638. The van der Waals surface area contributed by atoms with Crippen molar-refractivity contribution in [3.63, 3.8) is 0 Å². The third-order valence-electron chi connectivity index (χ3n) is 2.79. The fourth-order valence-electron chi connectivity index (χ4n) is 1.90. The van der Waals surface area contributed by atoms with Gasteiger partial charge in [0.15, 0.2) is 0 Å². The van der Waals surface area contributed by atoms with Gasteiger partial charge in [0.2, 0.25) is 0 Å². The van der Waals surface area contributed by atoms with E-state index in [2.05, 4.69) is 17.6 Å². The molecule has 0 bridgehead atoms. The van der Waals surface area contributed by atoms with Gasteiger partial charge in [-0.25, -0.2) is 0 Å². The van der Waals surface area contributed by atoms with E-state index in [1.54, 1.807) is 0 Å². The zero-order valence-corrected chi connectivity index (χ0v) is 8.94.